The minimum absolute atomic E-state index is 0.104. The van der Waals surface area contributed by atoms with Gasteiger partial charge in [-0.1, -0.05) is 11.6 Å². The molecule has 0 saturated carbocycles. The SMILES string of the molecule is COC(=O)c1ncc(CN2CC[C@H](F)C2)cc1Cl. The van der Waals surface area contributed by atoms with E-state index in [1.807, 2.05) is 4.90 Å². The van der Waals surface area contributed by atoms with Crippen molar-refractivity contribution in [2.75, 3.05) is 20.2 Å². The summed E-state index contributed by atoms with van der Waals surface area (Å²) in [5.41, 5.74) is 0.967. The number of alkyl halides is 1. The Morgan fingerprint density at radius 2 is 2.50 bits per heavy atom. The number of rotatable bonds is 3. The lowest BCUT2D eigenvalue weighted by atomic mass is 10.2. The van der Waals surface area contributed by atoms with Crippen molar-refractivity contribution in [2.24, 2.45) is 0 Å². The Labute approximate surface area is 110 Å². The first kappa shape index (κ1) is 13.2. The van der Waals surface area contributed by atoms with Crippen molar-refractivity contribution >= 4 is 17.6 Å². The third kappa shape index (κ3) is 2.97. The number of carbonyl (C=O) groups excluding carboxylic acids is 1. The zero-order chi connectivity index (χ0) is 13.1. The lowest BCUT2D eigenvalue weighted by Crippen LogP contribution is -2.20. The largest absolute Gasteiger partial charge is 0.464 e. The van der Waals surface area contributed by atoms with Crippen molar-refractivity contribution < 1.29 is 13.9 Å². The van der Waals surface area contributed by atoms with Gasteiger partial charge in [-0.15, -0.1) is 0 Å². The fraction of sp³-hybridized carbons (Fsp3) is 0.500. The topological polar surface area (TPSA) is 42.4 Å². The second-order valence-electron chi connectivity index (χ2n) is 4.29. The predicted octanol–water partition coefficient (Wildman–Crippen LogP) is 2.07. The highest BCUT2D eigenvalue weighted by Gasteiger charge is 2.22. The van der Waals surface area contributed by atoms with Crippen LogP contribution in [0.2, 0.25) is 5.02 Å². The van der Waals surface area contributed by atoms with Crippen molar-refractivity contribution in [3.05, 3.63) is 28.5 Å². The summed E-state index contributed by atoms with van der Waals surface area (Å²) in [6.07, 6.45) is 1.40. The van der Waals surface area contributed by atoms with Gasteiger partial charge in [0, 0.05) is 25.8 Å². The summed E-state index contributed by atoms with van der Waals surface area (Å²) in [6.45, 7) is 1.77. The second-order valence-corrected chi connectivity index (χ2v) is 4.69. The fourth-order valence-electron chi connectivity index (χ4n) is 2.00. The molecule has 2 heterocycles. The average molecular weight is 273 g/mol. The Balaban J connectivity index is 2.07. The molecule has 0 spiro atoms. The lowest BCUT2D eigenvalue weighted by Gasteiger charge is -2.14. The van der Waals surface area contributed by atoms with Crippen LogP contribution in [0.25, 0.3) is 0 Å². The van der Waals surface area contributed by atoms with Gasteiger partial charge < -0.3 is 4.74 Å². The maximum absolute atomic E-state index is 13.0. The average Bonchev–Trinajstić information content (AvgIpc) is 2.74. The second kappa shape index (κ2) is 5.63. The van der Waals surface area contributed by atoms with E-state index >= 15 is 0 Å². The molecule has 0 unspecified atom stereocenters. The normalized spacial score (nSPS) is 20.1. The molecule has 6 heteroatoms. The molecule has 4 nitrogen and oxygen atoms in total. The minimum Gasteiger partial charge on any atom is -0.464 e. The molecule has 1 aliphatic rings. The highest BCUT2D eigenvalue weighted by Crippen LogP contribution is 2.19. The number of aromatic nitrogens is 1. The van der Waals surface area contributed by atoms with Crippen molar-refractivity contribution in [3.63, 3.8) is 0 Å². The van der Waals surface area contributed by atoms with Gasteiger partial charge in [0.15, 0.2) is 5.69 Å². The quantitative estimate of drug-likeness (QED) is 0.790. The Kier molecular flexibility index (Phi) is 4.14. The van der Waals surface area contributed by atoms with Crippen LogP contribution in [0.15, 0.2) is 12.3 Å². The van der Waals surface area contributed by atoms with Crippen molar-refractivity contribution in [2.45, 2.75) is 19.1 Å². The standard InChI is InChI=1S/C12H14ClFN2O2/c1-18-12(17)11-10(13)4-8(5-15-11)6-16-3-2-9(14)7-16/h4-5,9H,2-3,6-7H2,1H3/t9-/m0/s1. The zero-order valence-electron chi connectivity index (χ0n) is 10.0. The fourth-order valence-corrected chi connectivity index (χ4v) is 2.26. The van der Waals surface area contributed by atoms with Gasteiger partial charge in [0.25, 0.3) is 0 Å². The molecule has 0 N–H and O–H groups in total. The molecule has 0 aromatic carbocycles. The molecule has 1 saturated heterocycles. The summed E-state index contributed by atoms with van der Waals surface area (Å²) in [5, 5.41) is 0.260. The van der Waals surface area contributed by atoms with Crippen LogP contribution in [0.5, 0.6) is 0 Å². The summed E-state index contributed by atoms with van der Waals surface area (Å²) in [4.78, 5) is 17.3. The molecule has 0 aliphatic carbocycles. The Bertz CT molecular complexity index is 456. The summed E-state index contributed by atoms with van der Waals surface area (Å²) in [5.74, 6) is -0.559. The summed E-state index contributed by atoms with van der Waals surface area (Å²) < 4.78 is 17.6. The molecule has 1 fully saturated rings. The number of methoxy groups -OCH3 is 1. The van der Waals surface area contributed by atoms with Crippen LogP contribution in [0.1, 0.15) is 22.5 Å². The maximum Gasteiger partial charge on any atom is 0.358 e. The Morgan fingerprint density at radius 3 is 3.06 bits per heavy atom. The molecule has 1 aromatic rings. The highest BCUT2D eigenvalue weighted by molar-refractivity contribution is 6.33. The number of pyridine rings is 1. The first-order chi connectivity index (χ1) is 8.60. The molecule has 0 radical (unpaired) electrons. The third-order valence-electron chi connectivity index (χ3n) is 2.90. The number of nitrogens with zero attached hydrogens (tertiary/aromatic N) is 2. The van der Waals surface area contributed by atoms with E-state index in [1.54, 1.807) is 12.3 Å². The maximum atomic E-state index is 13.0. The summed E-state index contributed by atoms with van der Waals surface area (Å²) in [6, 6.07) is 1.67. The van der Waals surface area contributed by atoms with Crippen molar-refractivity contribution in [1.82, 2.24) is 9.88 Å². The molecule has 1 atom stereocenters. The number of ether oxygens (including phenoxy) is 1. The molecule has 1 aromatic heterocycles. The van der Waals surface area contributed by atoms with Crippen LogP contribution < -0.4 is 0 Å². The summed E-state index contributed by atoms with van der Waals surface area (Å²) >= 11 is 5.96. The summed E-state index contributed by atoms with van der Waals surface area (Å²) in [7, 11) is 1.28. The van der Waals surface area contributed by atoms with Gasteiger partial charge in [-0.2, -0.15) is 0 Å². The van der Waals surface area contributed by atoms with Crippen LogP contribution in [0, 0.1) is 0 Å². The van der Waals surface area contributed by atoms with Crippen LogP contribution in [-0.4, -0.2) is 42.2 Å². The van der Waals surface area contributed by atoms with Gasteiger partial charge in [0.05, 0.1) is 12.1 Å². The zero-order valence-corrected chi connectivity index (χ0v) is 10.8. The number of hydrogen-bond acceptors (Lipinski definition) is 4. The van der Waals surface area contributed by atoms with Gasteiger partial charge in [-0.3, -0.25) is 4.90 Å². The van der Waals surface area contributed by atoms with Crippen molar-refractivity contribution in [1.29, 1.82) is 0 Å². The van der Waals surface area contributed by atoms with Crippen LogP contribution in [0.4, 0.5) is 4.39 Å². The van der Waals surface area contributed by atoms with E-state index in [9.17, 15) is 9.18 Å². The Morgan fingerprint density at radius 1 is 1.72 bits per heavy atom. The van der Waals surface area contributed by atoms with Gasteiger partial charge in [-0.05, 0) is 18.1 Å². The molecule has 98 valence electrons. The van der Waals surface area contributed by atoms with E-state index in [4.69, 9.17) is 11.6 Å². The van der Waals surface area contributed by atoms with Crippen LogP contribution in [-0.2, 0) is 11.3 Å². The molecule has 2 rings (SSSR count). The van der Waals surface area contributed by atoms with E-state index in [0.717, 1.165) is 12.1 Å². The lowest BCUT2D eigenvalue weighted by molar-refractivity contribution is 0.0594. The predicted molar refractivity (Wildman–Crippen MR) is 65.4 cm³/mol. The van der Waals surface area contributed by atoms with Gasteiger partial charge in [0.2, 0.25) is 0 Å². The van der Waals surface area contributed by atoms with E-state index in [-0.39, 0.29) is 10.7 Å². The van der Waals surface area contributed by atoms with Crippen LogP contribution in [0.3, 0.4) is 0 Å². The molecule has 18 heavy (non-hydrogen) atoms. The number of likely N-dealkylation sites (tertiary alicyclic amines) is 1. The van der Waals surface area contributed by atoms with Gasteiger partial charge >= 0.3 is 5.97 Å². The number of hydrogen-bond donors (Lipinski definition) is 0. The number of halogens is 2. The highest BCUT2D eigenvalue weighted by atomic mass is 35.5. The monoisotopic (exact) mass is 272 g/mol. The van der Waals surface area contributed by atoms with E-state index in [1.165, 1.54) is 7.11 Å². The number of esters is 1. The minimum atomic E-state index is -0.747. The smallest absolute Gasteiger partial charge is 0.358 e. The number of carbonyl (C=O) groups is 1. The molecular weight excluding hydrogens is 259 g/mol. The molecular formula is C12H14ClFN2O2. The Hall–Kier alpha value is -1.20. The molecule has 0 amide bonds. The van der Waals surface area contributed by atoms with Gasteiger partial charge in [-0.25, -0.2) is 14.2 Å². The first-order valence-electron chi connectivity index (χ1n) is 5.69. The first-order valence-corrected chi connectivity index (χ1v) is 6.07. The third-order valence-corrected chi connectivity index (χ3v) is 3.19. The van der Waals surface area contributed by atoms with Crippen LogP contribution >= 0.6 is 11.6 Å². The van der Waals surface area contributed by atoms with E-state index in [0.29, 0.717) is 19.5 Å². The molecule has 1 aliphatic heterocycles. The molecule has 0 bridgehead atoms. The van der Waals surface area contributed by atoms with E-state index < -0.39 is 12.1 Å². The van der Waals surface area contributed by atoms with E-state index in [2.05, 4.69) is 9.72 Å². The van der Waals surface area contributed by atoms with Gasteiger partial charge in [0.1, 0.15) is 6.17 Å². The van der Waals surface area contributed by atoms with Crippen molar-refractivity contribution in [3.8, 4) is 0 Å².